The van der Waals surface area contributed by atoms with Gasteiger partial charge in [-0.3, -0.25) is 4.90 Å². The van der Waals surface area contributed by atoms with Gasteiger partial charge >= 0.3 is 12.1 Å². The zero-order valence-corrected chi connectivity index (χ0v) is 12.6. The lowest BCUT2D eigenvalue weighted by atomic mass is 10.2. The maximum Gasteiger partial charge on any atom is 0.425 e. The van der Waals surface area contributed by atoms with Gasteiger partial charge < -0.3 is 5.11 Å². The average Bonchev–Trinajstić information content (AvgIpc) is 3.17. The van der Waals surface area contributed by atoms with Gasteiger partial charge in [-0.25, -0.2) is 9.48 Å². The Morgan fingerprint density at radius 1 is 1.48 bits per heavy atom. The molecule has 6 nitrogen and oxygen atoms in total. The standard InChI is InChI=1S/C13H13F3N4O2S/c14-13(15,16)11-3-8(7-23-11)4-19-2-1-9(5-19)20-6-10(12(21)22)17-18-20/h3,6-7,9H,1-2,4-5H2,(H,21,22). The lowest BCUT2D eigenvalue weighted by molar-refractivity contribution is -0.134. The molecule has 0 aliphatic carbocycles. The topological polar surface area (TPSA) is 71.2 Å². The summed E-state index contributed by atoms with van der Waals surface area (Å²) in [6.07, 6.45) is -2.17. The number of hydrogen-bond donors (Lipinski definition) is 1. The van der Waals surface area contributed by atoms with Crippen molar-refractivity contribution in [3.8, 4) is 0 Å². The third-order valence-corrected chi connectivity index (χ3v) is 4.71. The van der Waals surface area contributed by atoms with Gasteiger partial charge in [-0.05, 0) is 23.4 Å². The molecule has 3 rings (SSSR count). The molecule has 0 amide bonds. The Morgan fingerprint density at radius 3 is 2.87 bits per heavy atom. The molecular weight excluding hydrogens is 333 g/mol. The first-order chi connectivity index (χ1) is 10.8. The first-order valence-corrected chi connectivity index (χ1v) is 7.73. The number of alkyl halides is 3. The number of aromatic nitrogens is 3. The minimum absolute atomic E-state index is 0.0173. The van der Waals surface area contributed by atoms with Crippen LogP contribution in [0.1, 0.15) is 33.4 Å². The first-order valence-electron chi connectivity index (χ1n) is 6.85. The SMILES string of the molecule is O=C(O)c1cn(C2CCN(Cc3csc(C(F)(F)F)c3)C2)nn1. The van der Waals surface area contributed by atoms with Crippen molar-refractivity contribution in [2.75, 3.05) is 13.1 Å². The minimum Gasteiger partial charge on any atom is -0.476 e. The molecule has 3 heterocycles. The second kappa shape index (κ2) is 5.93. The van der Waals surface area contributed by atoms with Crippen LogP contribution in [0.3, 0.4) is 0 Å². The van der Waals surface area contributed by atoms with Gasteiger partial charge in [0.05, 0.1) is 12.2 Å². The van der Waals surface area contributed by atoms with E-state index in [0.717, 1.165) is 6.42 Å². The summed E-state index contributed by atoms with van der Waals surface area (Å²) in [6, 6.07) is 1.16. The average molecular weight is 346 g/mol. The predicted molar refractivity (Wildman–Crippen MR) is 75.2 cm³/mol. The molecule has 23 heavy (non-hydrogen) atoms. The quantitative estimate of drug-likeness (QED) is 0.921. The molecule has 1 fully saturated rings. The number of carboxylic acids is 1. The summed E-state index contributed by atoms with van der Waals surface area (Å²) in [4.78, 5) is 12.2. The van der Waals surface area contributed by atoms with Crippen molar-refractivity contribution < 1.29 is 23.1 Å². The highest BCUT2D eigenvalue weighted by Crippen LogP contribution is 2.34. The molecule has 0 bridgehead atoms. The van der Waals surface area contributed by atoms with Crippen LogP contribution in [0.2, 0.25) is 0 Å². The Bertz CT molecular complexity index is 712. The molecule has 0 saturated carbocycles. The van der Waals surface area contributed by atoms with Crippen LogP contribution in [0.15, 0.2) is 17.6 Å². The summed E-state index contributed by atoms with van der Waals surface area (Å²) in [5.74, 6) is -1.14. The molecule has 10 heteroatoms. The molecule has 1 saturated heterocycles. The fourth-order valence-electron chi connectivity index (χ4n) is 2.59. The van der Waals surface area contributed by atoms with E-state index in [0.29, 0.717) is 36.5 Å². The summed E-state index contributed by atoms with van der Waals surface area (Å²) in [5, 5.41) is 17.7. The molecule has 1 unspecified atom stereocenters. The number of likely N-dealkylation sites (tertiary alicyclic amines) is 1. The number of halogens is 3. The molecule has 0 aromatic carbocycles. The number of rotatable bonds is 4. The summed E-state index contributed by atoms with van der Waals surface area (Å²) >= 11 is 0.699. The summed E-state index contributed by atoms with van der Waals surface area (Å²) < 4.78 is 39.3. The molecular formula is C13H13F3N4O2S. The van der Waals surface area contributed by atoms with E-state index in [1.807, 2.05) is 4.90 Å². The summed E-state index contributed by atoms with van der Waals surface area (Å²) in [6.45, 7) is 1.74. The second-order valence-corrected chi connectivity index (χ2v) is 6.29. The van der Waals surface area contributed by atoms with Crippen molar-refractivity contribution in [2.24, 2.45) is 0 Å². The van der Waals surface area contributed by atoms with Crippen LogP contribution in [-0.4, -0.2) is 44.1 Å². The monoisotopic (exact) mass is 346 g/mol. The molecule has 2 aromatic heterocycles. The molecule has 0 spiro atoms. The fraction of sp³-hybridized carbons (Fsp3) is 0.462. The van der Waals surface area contributed by atoms with Gasteiger partial charge in [0.2, 0.25) is 0 Å². The highest BCUT2D eigenvalue weighted by atomic mass is 32.1. The van der Waals surface area contributed by atoms with E-state index in [9.17, 15) is 18.0 Å². The second-order valence-electron chi connectivity index (χ2n) is 5.38. The van der Waals surface area contributed by atoms with Crippen LogP contribution in [0, 0.1) is 0 Å². The summed E-state index contributed by atoms with van der Waals surface area (Å²) in [5.41, 5.74) is 0.517. The normalized spacial score (nSPS) is 19.3. The van der Waals surface area contributed by atoms with Crippen LogP contribution in [0.4, 0.5) is 13.2 Å². The molecule has 2 aromatic rings. The van der Waals surface area contributed by atoms with Crippen molar-refractivity contribution in [1.82, 2.24) is 19.9 Å². The van der Waals surface area contributed by atoms with Gasteiger partial charge in [-0.2, -0.15) is 13.2 Å². The lowest BCUT2D eigenvalue weighted by Gasteiger charge is -2.15. The molecule has 1 aliphatic heterocycles. The molecule has 1 aliphatic rings. The van der Waals surface area contributed by atoms with Crippen molar-refractivity contribution in [3.05, 3.63) is 33.8 Å². The number of carboxylic acid groups (broad SMARTS) is 1. The molecule has 1 N–H and O–H groups in total. The van der Waals surface area contributed by atoms with Gasteiger partial charge in [0, 0.05) is 19.6 Å². The van der Waals surface area contributed by atoms with Crippen LogP contribution in [0.25, 0.3) is 0 Å². The Labute approximate surface area is 133 Å². The Balaban J connectivity index is 1.61. The number of carbonyl (C=O) groups is 1. The van der Waals surface area contributed by atoms with E-state index in [-0.39, 0.29) is 11.7 Å². The van der Waals surface area contributed by atoms with Crippen LogP contribution in [0.5, 0.6) is 0 Å². The number of aromatic carboxylic acids is 1. The van der Waals surface area contributed by atoms with E-state index in [4.69, 9.17) is 5.11 Å². The van der Waals surface area contributed by atoms with Crippen molar-refractivity contribution in [2.45, 2.75) is 25.2 Å². The van der Waals surface area contributed by atoms with Crippen molar-refractivity contribution in [1.29, 1.82) is 0 Å². The Hall–Kier alpha value is -1.94. The van der Waals surface area contributed by atoms with Gasteiger partial charge in [0.25, 0.3) is 0 Å². The predicted octanol–water partition coefficient (Wildman–Crippen LogP) is 2.50. The number of nitrogens with zero attached hydrogens (tertiary/aromatic N) is 4. The third-order valence-electron chi connectivity index (χ3n) is 3.69. The van der Waals surface area contributed by atoms with E-state index in [1.54, 1.807) is 0 Å². The number of thiophene rings is 1. The van der Waals surface area contributed by atoms with Crippen molar-refractivity contribution in [3.63, 3.8) is 0 Å². The van der Waals surface area contributed by atoms with Crippen LogP contribution >= 0.6 is 11.3 Å². The van der Waals surface area contributed by atoms with E-state index < -0.39 is 17.0 Å². The lowest BCUT2D eigenvalue weighted by Crippen LogP contribution is -2.21. The van der Waals surface area contributed by atoms with E-state index >= 15 is 0 Å². The maximum absolute atomic E-state index is 12.6. The zero-order valence-electron chi connectivity index (χ0n) is 11.8. The van der Waals surface area contributed by atoms with E-state index in [2.05, 4.69) is 10.3 Å². The fourth-order valence-corrected chi connectivity index (χ4v) is 3.36. The van der Waals surface area contributed by atoms with E-state index in [1.165, 1.54) is 22.3 Å². The maximum atomic E-state index is 12.6. The molecule has 124 valence electrons. The van der Waals surface area contributed by atoms with Crippen LogP contribution < -0.4 is 0 Å². The highest BCUT2D eigenvalue weighted by Gasteiger charge is 2.33. The summed E-state index contributed by atoms with van der Waals surface area (Å²) in [7, 11) is 0. The van der Waals surface area contributed by atoms with Crippen molar-refractivity contribution >= 4 is 17.3 Å². The Kier molecular flexibility index (Phi) is 4.11. The van der Waals surface area contributed by atoms with Gasteiger partial charge in [0.1, 0.15) is 4.88 Å². The minimum atomic E-state index is -4.30. The molecule has 0 radical (unpaired) electrons. The molecule has 1 atom stereocenters. The van der Waals surface area contributed by atoms with Gasteiger partial charge in [0.15, 0.2) is 5.69 Å². The zero-order chi connectivity index (χ0) is 16.6. The van der Waals surface area contributed by atoms with Gasteiger partial charge in [-0.1, -0.05) is 5.21 Å². The largest absolute Gasteiger partial charge is 0.476 e. The first kappa shape index (κ1) is 15.9. The van der Waals surface area contributed by atoms with Gasteiger partial charge in [-0.15, -0.1) is 16.4 Å². The number of hydrogen-bond acceptors (Lipinski definition) is 5. The highest BCUT2D eigenvalue weighted by molar-refractivity contribution is 7.10. The van der Waals surface area contributed by atoms with Crippen LogP contribution in [-0.2, 0) is 12.7 Å². The Morgan fingerprint density at radius 2 is 2.26 bits per heavy atom. The third kappa shape index (κ3) is 3.53. The smallest absolute Gasteiger partial charge is 0.425 e.